The highest BCUT2D eigenvalue weighted by Gasteiger charge is 2.19. The van der Waals surface area contributed by atoms with Crippen molar-refractivity contribution >= 4 is 5.91 Å². The second-order valence-electron chi connectivity index (χ2n) is 2.64. The Morgan fingerprint density at radius 3 is 3.17 bits per heavy atom. The molecule has 1 amide bonds. The van der Waals surface area contributed by atoms with E-state index in [1.54, 1.807) is 12.1 Å². The van der Waals surface area contributed by atoms with Gasteiger partial charge in [0.25, 0.3) is 5.91 Å². The number of carbonyl (C=O) groups is 1. The number of amides is 1. The summed E-state index contributed by atoms with van der Waals surface area (Å²) in [4.78, 5) is 15.1. The van der Waals surface area contributed by atoms with Crippen LogP contribution < -0.4 is 5.32 Å². The topological polar surface area (TPSA) is 62.2 Å². The van der Waals surface area contributed by atoms with E-state index in [4.69, 9.17) is 5.11 Å². The molecule has 0 bridgehead atoms. The van der Waals surface area contributed by atoms with Gasteiger partial charge < -0.3 is 10.4 Å². The molecular formula is C8H8N2O2. The average Bonchev–Trinajstić information content (AvgIpc) is 2.47. The normalized spacial score (nSPS) is 14.2. The van der Waals surface area contributed by atoms with Gasteiger partial charge in [0.2, 0.25) is 0 Å². The van der Waals surface area contributed by atoms with Crippen LogP contribution in [-0.2, 0) is 13.2 Å². The summed E-state index contributed by atoms with van der Waals surface area (Å²) >= 11 is 0. The number of carbonyl (C=O) groups excluding carboxylic acids is 1. The number of nitrogens with zero attached hydrogens (tertiary/aromatic N) is 1. The summed E-state index contributed by atoms with van der Waals surface area (Å²) < 4.78 is 0. The Morgan fingerprint density at radius 1 is 1.58 bits per heavy atom. The largest absolute Gasteiger partial charge is 0.390 e. The van der Waals surface area contributed by atoms with Crippen molar-refractivity contribution < 1.29 is 9.90 Å². The van der Waals surface area contributed by atoms with E-state index in [-0.39, 0.29) is 12.5 Å². The molecular weight excluding hydrogens is 156 g/mol. The van der Waals surface area contributed by atoms with E-state index >= 15 is 0 Å². The van der Waals surface area contributed by atoms with Gasteiger partial charge in [-0.25, -0.2) is 0 Å². The molecule has 1 aliphatic rings. The van der Waals surface area contributed by atoms with Gasteiger partial charge >= 0.3 is 0 Å². The Hall–Kier alpha value is -1.42. The van der Waals surface area contributed by atoms with Crippen LogP contribution >= 0.6 is 0 Å². The number of aliphatic hydroxyl groups is 1. The van der Waals surface area contributed by atoms with Crippen LogP contribution in [-0.4, -0.2) is 16.0 Å². The molecule has 1 aromatic heterocycles. The van der Waals surface area contributed by atoms with E-state index in [0.29, 0.717) is 17.8 Å². The molecule has 4 nitrogen and oxygen atoms in total. The van der Waals surface area contributed by atoms with Crippen LogP contribution in [0.1, 0.15) is 21.7 Å². The van der Waals surface area contributed by atoms with Crippen molar-refractivity contribution in [3.05, 3.63) is 29.1 Å². The summed E-state index contributed by atoms with van der Waals surface area (Å²) in [5.74, 6) is -0.0815. The summed E-state index contributed by atoms with van der Waals surface area (Å²) in [6.45, 7) is 0.392. The number of hydrogen-bond acceptors (Lipinski definition) is 3. The monoisotopic (exact) mass is 164 g/mol. The molecule has 0 atom stereocenters. The van der Waals surface area contributed by atoms with Gasteiger partial charge in [-0.05, 0) is 12.1 Å². The lowest BCUT2D eigenvalue weighted by Gasteiger charge is -1.97. The van der Waals surface area contributed by atoms with Gasteiger partial charge in [-0.1, -0.05) is 0 Å². The molecule has 0 fully saturated rings. The molecule has 1 aromatic rings. The molecule has 0 saturated heterocycles. The lowest BCUT2D eigenvalue weighted by molar-refractivity contribution is 0.0965. The third-order valence-corrected chi connectivity index (χ3v) is 1.85. The first kappa shape index (κ1) is 7.24. The third kappa shape index (κ3) is 0.967. The molecule has 12 heavy (non-hydrogen) atoms. The number of aliphatic hydroxyl groups excluding tert-OH is 1. The van der Waals surface area contributed by atoms with Gasteiger partial charge in [0.15, 0.2) is 0 Å². The van der Waals surface area contributed by atoms with Crippen LogP contribution in [0.15, 0.2) is 12.1 Å². The van der Waals surface area contributed by atoms with E-state index in [2.05, 4.69) is 10.3 Å². The van der Waals surface area contributed by atoms with Crippen LogP contribution in [0.5, 0.6) is 0 Å². The first-order valence-corrected chi connectivity index (χ1v) is 3.69. The zero-order valence-corrected chi connectivity index (χ0v) is 6.37. The molecule has 0 saturated carbocycles. The standard InChI is InChI=1S/C8H8N2O2/c11-4-5-1-2-6-7(10-5)3-9-8(6)12/h1-2,11H,3-4H2,(H,9,12). The van der Waals surface area contributed by atoms with Crippen LogP contribution in [0.2, 0.25) is 0 Å². The lowest BCUT2D eigenvalue weighted by atomic mass is 10.2. The molecule has 0 radical (unpaired) electrons. The van der Waals surface area contributed by atoms with Crippen molar-refractivity contribution in [2.75, 3.05) is 0 Å². The van der Waals surface area contributed by atoms with Gasteiger partial charge in [0.1, 0.15) is 0 Å². The van der Waals surface area contributed by atoms with Crippen molar-refractivity contribution in [1.29, 1.82) is 0 Å². The zero-order chi connectivity index (χ0) is 8.55. The maximum atomic E-state index is 11.1. The van der Waals surface area contributed by atoms with E-state index in [1.165, 1.54) is 0 Å². The molecule has 4 heteroatoms. The van der Waals surface area contributed by atoms with Gasteiger partial charge in [-0.2, -0.15) is 0 Å². The molecule has 2 heterocycles. The van der Waals surface area contributed by atoms with Crippen molar-refractivity contribution in [2.45, 2.75) is 13.2 Å². The van der Waals surface area contributed by atoms with Gasteiger partial charge in [0.05, 0.1) is 30.1 Å². The maximum Gasteiger partial charge on any atom is 0.253 e. The minimum Gasteiger partial charge on any atom is -0.390 e. The molecule has 0 aliphatic carbocycles. The highest BCUT2D eigenvalue weighted by atomic mass is 16.3. The Kier molecular flexibility index (Phi) is 1.55. The fraction of sp³-hybridized carbons (Fsp3) is 0.250. The zero-order valence-electron chi connectivity index (χ0n) is 6.37. The lowest BCUT2D eigenvalue weighted by Crippen LogP contribution is -2.12. The number of nitrogens with one attached hydrogen (secondary N) is 1. The predicted molar refractivity (Wildman–Crippen MR) is 41.3 cm³/mol. The Balaban J connectivity index is 2.48. The van der Waals surface area contributed by atoms with Crippen molar-refractivity contribution in [3.63, 3.8) is 0 Å². The first-order chi connectivity index (χ1) is 5.81. The minimum absolute atomic E-state index is 0.0815. The highest BCUT2D eigenvalue weighted by Crippen LogP contribution is 2.13. The number of rotatable bonds is 1. The van der Waals surface area contributed by atoms with E-state index < -0.39 is 0 Å². The van der Waals surface area contributed by atoms with Crippen LogP contribution in [0.3, 0.4) is 0 Å². The third-order valence-electron chi connectivity index (χ3n) is 1.85. The number of aromatic nitrogens is 1. The van der Waals surface area contributed by atoms with Gasteiger partial charge in [0, 0.05) is 0 Å². The Bertz CT molecular complexity index is 336. The van der Waals surface area contributed by atoms with E-state index in [1.807, 2.05) is 0 Å². The maximum absolute atomic E-state index is 11.1. The van der Waals surface area contributed by atoms with Gasteiger partial charge in [-0.15, -0.1) is 0 Å². The summed E-state index contributed by atoms with van der Waals surface area (Å²) in [7, 11) is 0. The minimum atomic E-state index is -0.0819. The second-order valence-corrected chi connectivity index (χ2v) is 2.64. The molecule has 0 unspecified atom stereocenters. The van der Waals surface area contributed by atoms with Gasteiger partial charge in [-0.3, -0.25) is 9.78 Å². The van der Waals surface area contributed by atoms with Crippen molar-refractivity contribution in [1.82, 2.24) is 10.3 Å². The SMILES string of the molecule is O=C1NCc2nc(CO)ccc21. The summed E-state index contributed by atoms with van der Waals surface area (Å²) in [5, 5.41) is 11.4. The number of pyridine rings is 1. The molecule has 62 valence electrons. The number of fused-ring (bicyclic) bond motifs is 1. The van der Waals surface area contributed by atoms with Crippen molar-refractivity contribution in [3.8, 4) is 0 Å². The predicted octanol–water partition coefficient (Wildman–Crippen LogP) is -0.183. The number of hydrogen-bond donors (Lipinski definition) is 2. The summed E-state index contributed by atoms with van der Waals surface area (Å²) in [6.07, 6.45) is 0. The van der Waals surface area contributed by atoms with Crippen LogP contribution in [0.25, 0.3) is 0 Å². The quantitative estimate of drug-likeness (QED) is 0.605. The smallest absolute Gasteiger partial charge is 0.253 e. The van der Waals surface area contributed by atoms with E-state index in [9.17, 15) is 4.79 Å². The second kappa shape index (κ2) is 2.57. The van der Waals surface area contributed by atoms with Crippen LogP contribution in [0, 0.1) is 0 Å². The molecule has 2 N–H and O–H groups in total. The molecule has 0 spiro atoms. The average molecular weight is 164 g/mol. The highest BCUT2D eigenvalue weighted by molar-refractivity contribution is 5.97. The molecule has 1 aliphatic heterocycles. The Morgan fingerprint density at radius 2 is 2.42 bits per heavy atom. The Labute approximate surface area is 69.2 Å². The summed E-state index contributed by atoms with van der Waals surface area (Å²) in [5.41, 5.74) is 1.95. The molecule has 0 aromatic carbocycles. The summed E-state index contributed by atoms with van der Waals surface area (Å²) in [6, 6.07) is 3.35. The van der Waals surface area contributed by atoms with Crippen molar-refractivity contribution in [2.24, 2.45) is 0 Å². The molecule has 2 rings (SSSR count). The van der Waals surface area contributed by atoms with Crippen LogP contribution in [0.4, 0.5) is 0 Å². The fourth-order valence-corrected chi connectivity index (χ4v) is 1.24. The fourth-order valence-electron chi connectivity index (χ4n) is 1.24. The van der Waals surface area contributed by atoms with E-state index in [0.717, 1.165) is 5.69 Å². The first-order valence-electron chi connectivity index (χ1n) is 3.69.